The van der Waals surface area contributed by atoms with Crippen LogP contribution < -0.4 is 15.4 Å². The predicted octanol–water partition coefficient (Wildman–Crippen LogP) is 4.52. The summed E-state index contributed by atoms with van der Waals surface area (Å²) < 4.78 is 18.7. The van der Waals surface area contributed by atoms with Crippen molar-refractivity contribution >= 4 is 28.2 Å². The van der Waals surface area contributed by atoms with Crippen molar-refractivity contribution < 1.29 is 13.9 Å². The third-order valence-electron chi connectivity index (χ3n) is 3.54. The summed E-state index contributed by atoms with van der Waals surface area (Å²) in [6.07, 6.45) is 0. The molecule has 0 radical (unpaired) electrons. The van der Waals surface area contributed by atoms with E-state index in [-0.39, 0.29) is 12.4 Å². The van der Waals surface area contributed by atoms with Gasteiger partial charge in [-0.1, -0.05) is 29.5 Å². The predicted molar refractivity (Wildman–Crippen MR) is 99.2 cm³/mol. The van der Waals surface area contributed by atoms with Crippen LogP contribution in [0.5, 0.6) is 5.75 Å². The number of aryl methyl sites for hydroxylation is 2. The van der Waals surface area contributed by atoms with Gasteiger partial charge in [-0.05, 0) is 49.2 Å². The Morgan fingerprint density at radius 2 is 1.77 bits per heavy atom. The molecule has 3 aromatic rings. The molecule has 0 fully saturated rings. The summed E-state index contributed by atoms with van der Waals surface area (Å²) in [5.41, 5.74) is 2.57. The molecule has 0 saturated carbocycles. The molecule has 1 heterocycles. The van der Waals surface area contributed by atoms with E-state index in [4.69, 9.17) is 4.74 Å². The van der Waals surface area contributed by atoms with Crippen LogP contribution in [0.4, 0.5) is 20.0 Å². The number of para-hydroxylation sites is 1. The molecule has 8 heteroatoms. The maximum Gasteiger partial charge on any atom is 0.325 e. The molecule has 0 aliphatic heterocycles. The van der Waals surface area contributed by atoms with Crippen LogP contribution in [0.15, 0.2) is 42.5 Å². The quantitative estimate of drug-likeness (QED) is 0.690. The Bertz CT molecular complexity index is 892. The van der Waals surface area contributed by atoms with Gasteiger partial charge in [0.05, 0.1) is 0 Å². The normalized spacial score (nSPS) is 10.4. The Kier molecular flexibility index (Phi) is 5.43. The first-order chi connectivity index (χ1) is 12.5. The average molecular weight is 372 g/mol. The van der Waals surface area contributed by atoms with Crippen molar-refractivity contribution in [3.8, 4) is 5.75 Å². The van der Waals surface area contributed by atoms with Gasteiger partial charge < -0.3 is 10.1 Å². The molecule has 0 aliphatic carbocycles. The number of anilines is 2. The van der Waals surface area contributed by atoms with E-state index >= 15 is 0 Å². The van der Waals surface area contributed by atoms with E-state index < -0.39 is 6.03 Å². The summed E-state index contributed by atoms with van der Waals surface area (Å²) in [5.74, 6) is 0.458. The largest absolute Gasteiger partial charge is 0.486 e. The number of aromatic nitrogens is 2. The van der Waals surface area contributed by atoms with E-state index in [0.717, 1.165) is 16.9 Å². The summed E-state index contributed by atoms with van der Waals surface area (Å²) in [6.45, 7) is 4.23. The first-order valence-corrected chi connectivity index (χ1v) is 8.68. The Hall–Kier alpha value is -3.00. The highest BCUT2D eigenvalue weighted by atomic mass is 32.1. The zero-order valence-electron chi connectivity index (χ0n) is 14.2. The second kappa shape index (κ2) is 7.92. The van der Waals surface area contributed by atoms with Crippen molar-refractivity contribution in [2.75, 3.05) is 10.6 Å². The number of hydrogen-bond acceptors (Lipinski definition) is 5. The zero-order chi connectivity index (χ0) is 18.5. The molecule has 2 amide bonds. The van der Waals surface area contributed by atoms with Crippen LogP contribution in [0.3, 0.4) is 0 Å². The van der Waals surface area contributed by atoms with Crippen LogP contribution in [-0.2, 0) is 6.61 Å². The molecule has 134 valence electrons. The van der Waals surface area contributed by atoms with Crippen molar-refractivity contribution in [2.24, 2.45) is 0 Å². The van der Waals surface area contributed by atoms with Crippen LogP contribution in [0.25, 0.3) is 0 Å². The van der Waals surface area contributed by atoms with Crippen LogP contribution in [0.1, 0.15) is 16.1 Å². The first-order valence-electron chi connectivity index (χ1n) is 7.86. The molecule has 0 saturated heterocycles. The van der Waals surface area contributed by atoms with Gasteiger partial charge in [-0.2, -0.15) is 0 Å². The second-order valence-corrected chi connectivity index (χ2v) is 6.66. The van der Waals surface area contributed by atoms with Gasteiger partial charge >= 0.3 is 6.03 Å². The minimum absolute atomic E-state index is 0.268. The van der Waals surface area contributed by atoms with Gasteiger partial charge in [0.25, 0.3) is 0 Å². The van der Waals surface area contributed by atoms with E-state index in [1.807, 2.05) is 32.0 Å². The van der Waals surface area contributed by atoms with E-state index in [9.17, 15) is 9.18 Å². The molecule has 6 nitrogen and oxygen atoms in total. The number of nitrogens with zero attached hydrogens (tertiary/aromatic N) is 2. The Balaban J connectivity index is 1.56. The number of hydrogen-bond donors (Lipinski definition) is 2. The monoisotopic (exact) mass is 372 g/mol. The lowest BCUT2D eigenvalue weighted by Crippen LogP contribution is -2.19. The summed E-state index contributed by atoms with van der Waals surface area (Å²) >= 11 is 1.23. The third-order valence-corrected chi connectivity index (χ3v) is 4.35. The smallest absolute Gasteiger partial charge is 0.325 e. The van der Waals surface area contributed by atoms with Gasteiger partial charge in [-0.3, -0.25) is 5.32 Å². The summed E-state index contributed by atoms with van der Waals surface area (Å²) in [4.78, 5) is 11.9. The lowest BCUT2D eigenvalue weighted by Gasteiger charge is -2.10. The molecular formula is C18H17FN4O2S. The number of urea groups is 1. The second-order valence-electron chi connectivity index (χ2n) is 5.60. The average Bonchev–Trinajstić information content (AvgIpc) is 3.04. The number of rotatable bonds is 5. The van der Waals surface area contributed by atoms with Gasteiger partial charge in [-0.15, -0.1) is 10.2 Å². The molecule has 1 aromatic heterocycles. The number of halogens is 1. The Labute approximate surface area is 154 Å². The van der Waals surface area contributed by atoms with Crippen molar-refractivity contribution in [2.45, 2.75) is 20.5 Å². The number of carbonyl (C=O) groups is 1. The number of nitrogens with one attached hydrogen (secondary N) is 2. The van der Waals surface area contributed by atoms with E-state index in [0.29, 0.717) is 15.8 Å². The van der Waals surface area contributed by atoms with Crippen LogP contribution >= 0.6 is 11.3 Å². The van der Waals surface area contributed by atoms with E-state index in [2.05, 4.69) is 20.8 Å². The van der Waals surface area contributed by atoms with Gasteiger partial charge in [0.1, 0.15) is 18.2 Å². The minimum atomic E-state index is -0.477. The minimum Gasteiger partial charge on any atom is -0.486 e. The number of amides is 2. The Morgan fingerprint density at radius 1 is 1.08 bits per heavy atom. The van der Waals surface area contributed by atoms with Gasteiger partial charge in [0, 0.05) is 5.69 Å². The number of ether oxygens (including phenoxy) is 1. The lowest BCUT2D eigenvalue weighted by molar-refractivity contribution is 0.262. The molecule has 3 rings (SSSR count). The van der Waals surface area contributed by atoms with E-state index in [1.54, 1.807) is 0 Å². The zero-order valence-corrected chi connectivity index (χ0v) is 15.1. The molecule has 0 atom stereocenters. The van der Waals surface area contributed by atoms with E-state index in [1.165, 1.54) is 35.6 Å². The highest BCUT2D eigenvalue weighted by Gasteiger charge is 2.10. The Morgan fingerprint density at radius 3 is 2.46 bits per heavy atom. The fraction of sp³-hybridized carbons (Fsp3) is 0.167. The molecule has 0 spiro atoms. The maximum absolute atomic E-state index is 12.9. The SMILES string of the molecule is Cc1cccc(C)c1OCc1nnc(NC(=O)Nc2ccc(F)cc2)s1. The van der Waals surface area contributed by atoms with Crippen LogP contribution in [-0.4, -0.2) is 16.2 Å². The molecule has 26 heavy (non-hydrogen) atoms. The fourth-order valence-corrected chi connectivity index (χ4v) is 2.96. The highest BCUT2D eigenvalue weighted by Crippen LogP contribution is 2.24. The molecular weight excluding hydrogens is 355 g/mol. The van der Waals surface area contributed by atoms with Crippen molar-refractivity contribution in [1.82, 2.24) is 10.2 Å². The van der Waals surface area contributed by atoms with Crippen molar-refractivity contribution in [3.63, 3.8) is 0 Å². The van der Waals surface area contributed by atoms with Crippen molar-refractivity contribution in [3.05, 3.63) is 64.4 Å². The molecule has 0 aliphatic rings. The molecule has 2 N–H and O–H groups in total. The van der Waals surface area contributed by atoms with Gasteiger partial charge in [-0.25, -0.2) is 9.18 Å². The topological polar surface area (TPSA) is 76.1 Å². The lowest BCUT2D eigenvalue weighted by atomic mass is 10.1. The van der Waals surface area contributed by atoms with Crippen LogP contribution in [0.2, 0.25) is 0 Å². The molecule has 2 aromatic carbocycles. The van der Waals surface area contributed by atoms with Crippen LogP contribution in [0, 0.1) is 19.7 Å². The van der Waals surface area contributed by atoms with Crippen molar-refractivity contribution in [1.29, 1.82) is 0 Å². The first kappa shape index (κ1) is 17.8. The number of benzene rings is 2. The third kappa shape index (κ3) is 4.54. The van der Waals surface area contributed by atoms with Gasteiger partial charge in [0.2, 0.25) is 5.13 Å². The standard InChI is InChI=1S/C18H17FN4O2S/c1-11-4-3-5-12(2)16(11)25-10-15-22-23-18(26-15)21-17(24)20-14-8-6-13(19)7-9-14/h3-9H,10H2,1-2H3,(H2,20,21,23,24). The van der Waals surface area contributed by atoms with Gasteiger partial charge in [0.15, 0.2) is 5.01 Å². The molecule has 0 unspecified atom stereocenters. The molecule has 0 bridgehead atoms. The fourth-order valence-electron chi connectivity index (χ4n) is 2.32. The highest BCUT2D eigenvalue weighted by molar-refractivity contribution is 7.15. The summed E-state index contributed by atoms with van der Waals surface area (Å²) in [5, 5.41) is 14.1. The summed E-state index contributed by atoms with van der Waals surface area (Å²) in [6, 6.07) is 10.9. The maximum atomic E-state index is 12.9. The number of carbonyl (C=O) groups excluding carboxylic acids is 1. The summed E-state index contributed by atoms with van der Waals surface area (Å²) in [7, 11) is 0.